The molecule has 94 valence electrons. The third-order valence-corrected chi connectivity index (χ3v) is 2.54. The first kappa shape index (κ1) is 14.9. The molecule has 0 heterocycles. The Balaban J connectivity index is 4.37. The summed E-state index contributed by atoms with van der Waals surface area (Å²) in [5, 5.41) is 11.7. The number of carboxylic acid groups (broad SMARTS) is 1. The molecule has 0 aliphatic rings. The van der Waals surface area contributed by atoms with Crippen LogP contribution in [0.25, 0.3) is 0 Å². The first-order valence-electron chi connectivity index (χ1n) is 5.60. The molecule has 0 aliphatic carbocycles. The summed E-state index contributed by atoms with van der Waals surface area (Å²) in [7, 11) is 1.79. The van der Waals surface area contributed by atoms with Crippen molar-refractivity contribution in [1.82, 2.24) is 10.2 Å². The van der Waals surface area contributed by atoms with Gasteiger partial charge in [0.1, 0.15) is 0 Å². The Morgan fingerprint density at radius 2 is 1.88 bits per heavy atom. The van der Waals surface area contributed by atoms with Crippen molar-refractivity contribution in [1.29, 1.82) is 0 Å². The zero-order chi connectivity index (χ0) is 12.7. The van der Waals surface area contributed by atoms with Crippen LogP contribution in [0.5, 0.6) is 0 Å². The van der Waals surface area contributed by atoms with Crippen molar-refractivity contribution in [2.24, 2.45) is 11.8 Å². The summed E-state index contributed by atoms with van der Waals surface area (Å²) in [6.45, 7) is 6.74. The summed E-state index contributed by atoms with van der Waals surface area (Å²) in [5.74, 6) is -1.51. The lowest BCUT2D eigenvalue weighted by Gasteiger charge is -2.25. The van der Waals surface area contributed by atoms with Gasteiger partial charge in [0.15, 0.2) is 0 Å². The van der Waals surface area contributed by atoms with Crippen molar-refractivity contribution in [2.45, 2.75) is 20.8 Å². The van der Waals surface area contributed by atoms with E-state index in [0.29, 0.717) is 13.1 Å². The molecular formula is C11H22N2O3. The van der Waals surface area contributed by atoms with E-state index in [4.69, 9.17) is 5.11 Å². The van der Waals surface area contributed by atoms with Crippen molar-refractivity contribution >= 4 is 11.9 Å². The van der Waals surface area contributed by atoms with Crippen LogP contribution in [-0.2, 0) is 9.59 Å². The average Bonchev–Trinajstić information content (AvgIpc) is 2.24. The van der Waals surface area contributed by atoms with Crippen LogP contribution < -0.4 is 5.32 Å². The molecule has 0 aromatic rings. The van der Waals surface area contributed by atoms with E-state index in [1.165, 1.54) is 0 Å². The molecule has 2 atom stereocenters. The minimum atomic E-state index is -0.868. The van der Waals surface area contributed by atoms with Gasteiger partial charge in [0.25, 0.3) is 0 Å². The molecule has 2 N–H and O–H groups in total. The third kappa shape index (κ3) is 4.61. The Bertz CT molecular complexity index is 243. The van der Waals surface area contributed by atoms with E-state index in [1.807, 2.05) is 13.8 Å². The van der Waals surface area contributed by atoms with Gasteiger partial charge in [-0.2, -0.15) is 0 Å². The minimum Gasteiger partial charge on any atom is -0.481 e. The molecule has 0 fully saturated rings. The molecule has 0 radical (unpaired) electrons. The lowest BCUT2D eigenvalue weighted by Crippen LogP contribution is -2.41. The van der Waals surface area contributed by atoms with E-state index in [9.17, 15) is 9.59 Å². The van der Waals surface area contributed by atoms with Gasteiger partial charge in [-0.05, 0) is 14.0 Å². The van der Waals surface area contributed by atoms with E-state index in [0.717, 1.165) is 0 Å². The Hall–Kier alpha value is -1.10. The number of carbonyl (C=O) groups is 2. The van der Waals surface area contributed by atoms with Gasteiger partial charge >= 0.3 is 5.97 Å². The Morgan fingerprint density at radius 3 is 2.25 bits per heavy atom. The van der Waals surface area contributed by atoms with Crippen LogP contribution >= 0.6 is 0 Å². The van der Waals surface area contributed by atoms with E-state index < -0.39 is 11.9 Å². The van der Waals surface area contributed by atoms with Gasteiger partial charge in [-0.1, -0.05) is 13.8 Å². The predicted octanol–water partition coefficient (Wildman–Crippen LogP) is 0.411. The van der Waals surface area contributed by atoms with Crippen molar-refractivity contribution in [3.8, 4) is 0 Å². The van der Waals surface area contributed by atoms with Gasteiger partial charge in [-0.15, -0.1) is 0 Å². The van der Waals surface area contributed by atoms with E-state index >= 15 is 0 Å². The van der Waals surface area contributed by atoms with Crippen LogP contribution in [0.2, 0.25) is 0 Å². The normalized spacial score (nSPS) is 14.2. The lowest BCUT2D eigenvalue weighted by molar-refractivity contribution is -0.143. The Labute approximate surface area is 96.8 Å². The fourth-order valence-electron chi connectivity index (χ4n) is 1.49. The molecule has 0 aliphatic heterocycles. The maximum Gasteiger partial charge on any atom is 0.308 e. The van der Waals surface area contributed by atoms with Crippen molar-refractivity contribution in [3.63, 3.8) is 0 Å². The van der Waals surface area contributed by atoms with Gasteiger partial charge in [0.2, 0.25) is 5.91 Å². The van der Waals surface area contributed by atoms with Crippen LogP contribution in [0, 0.1) is 11.8 Å². The lowest BCUT2D eigenvalue weighted by atomic mass is 10.1. The molecule has 0 aromatic heterocycles. The van der Waals surface area contributed by atoms with E-state index in [2.05, 4.69) is 5.32 Å². The topological polar surface area (TPSA) is 69.6 Å². The number of nitrogens with one attached hydrogen (secondary N) is 1. The van der Waals surface area contributed by atoms with Crippen LogP contribution in [0.1, 0.15) is 20.8 Å². The van der Waals surface area contributed by atoms with Gasteiger partial charge < -0.3 is 15.3 Å². The molecule has 0 saturated heterocycles. The Kier molecular flexibility index (Phi) is 6.72. The molecule has 0 saturated carbocycles. The standard InChI is InChI=1S/C11H22N2O3/c1-5-13(7-9(3)11(15)16)10(14)8(2)6-12-4/h8-9,12H,5-7H2,1-4H3,(H,15,16). The van der Waals surface area contributed by atoms with Crippen molar-refractivity contribution in [3.05, 3.63) is 0 Å². The summed E-state index contributed by atoms with van der Waals surface area (Å²) >= 11 is 0. The maximum atomic E-state index is 11.9. The van der Waals surface area contributed by atoms with Gasteiger partial charge in [0.05, 0.1) is 5.92 Å². The summed E-state index contributed by atoms with van der Waals surface area (Å²) in [6.07, 6.45) is 0. The van der Waals surface area contributed by atoms with Crippen molar-refractivity contribution in [2.75, 3.05) is 26.7 Å². The average molecular weight is 230 g/mol. The van der Waals surface area contributed by atoms with Gasteiger partial charge in [-0.25, -0.2) is 0 Å². The molecule has 1 amide bonds. The largest absolute Gasteiger partial charge is 0.481 e. The molecule has 0 aromatic carbocycles. The summed E-state index contributed by atoms with van der Waals surface area (Å²) in [6, 6.07) is 0. The minimum absolute atomic E-state index is 0.00458. The fraction of sp³-hybridized carbons (Fsp3) is 0.818. The first-order chi connectivity index (χ1) is 7.43. The number of nitrogens with zero attached hydrogens (tertiary/aromatic N) is 1. The smallest absolute Gasteiger partial charge is 0.308 e. The van der Waals surface area contributed by atoms with Crippen LogP contribution in [-0.4, -0.2) is 48.6 Å². The third-order valence-electron chi connectivity index (χ3n) is 2.54. The molecule has 5 nitrogen and oxygen atoms in total. The second-order valence-corrected chi connectivity index (χ2v) is 4.07. The summed E-state index contributed by atoms with van der Waals surface area (Å²) in [4.78, 5) is 24.2. The zero-order valence-corrected chi connectivity index (χ0v) is 10.5. The second-order valence-electron chi connectivity index (χ2n) is 4.07. The molecule has 0 spiro atoms. The molecule has 0 rings (SSSR count). The maximum absolute atomic E-state index is 11.9. The van der Waals surface area contributed by atoms with E-state index in [1.54, 1.807) is 18.9 Å². The first-order valence-corrected chi connectivity index (χ1v) is 5.60. The number of hydrogen-bond donors (Lipinski definition) is 2. The fourth-order valence-corrected chi connectivity index (χ4v) is 1.49. The second kappa shape index (κ2) is 7.22. The predicted molar refractivity (Wildman–Crippen MR) is 62.1 cm³/mol. The highest BCUT2D eigenvalue weighted by atomic mass is 16.4. The number of carboxylic acids is 1. The number of carbonyl (C=O) groups excluding carboxylic acids is 1. The SMILES string of the molecule is CCN(CC(C)C(=O)O)C(=O)C(C)CNC. The molecule has 2 unspecified atom stereocenters. The highest BCUT2D eigenvalue weighted by Crippen LogP contribution is 2.06. The number of rotatable bonds is 7. The molecular weight excluding hydrogens is 208 g/mol. The highest BCUT2D eigenvalue weighted by Gasteiger charge is 2.22. The monoisotopic (exact) mass is 230 g/mol. The number of hydrogen-bond acceptors (Lipinski definition) is 3. The van der Waals surface area contributed by atoms with Crippen LogP contribution in [0.4, 0.5) is 0 Å². The summed E-state index contributed by atoms with van der Waals surface area (Å²) in [5.41, 5.74) is 0. The van der Waals surface area contributed by atoms with Crippen LogP contribution in [0.15, 0.2) is 0 Å². The van der Waals surface area contributed by atoms with Crippen molar-refractivity contribution < 1.29 is 14.7 Å². The van der Waals surface area contributed by atoms with Gasteiger partial charge in [0, 0.05) is 25.6 Å². The number of amides is 1. The quantitative estimate of drug-likeness (QED) is 0.664. The van der Waals surface area contributed by atoms with E-state index in [-0.39, 0.29) is 18.4 Å². The molecule has 0 bridgehead atoms. The zero-order valence-electron chi connectivity index (χ0n) is 10.5. The molecule has 5 heteroatoms. The van der Waals surface area contributed by atoms with Crippen LogP contribution in [0.3, 0.4) is 0 Å². The summed E-state index contributed by atoms with van der Waals surface area (Å²) < 4.78 is 0. The Morgan fingerprint density at radius 1 is 1.31 bits per heavy atom. The molecule has 16 heavy (non-hydrogen) atoms. The van der Waals surface area contributed by atoms with Gasteiger partial charge in [-0.3, -0.25) is 9.59 Å². The number of aliphatic carboxylic acids is 1. The highest BCUT2D eigenvalue weighted by molar-refractivity contribution is 5.79.